The molecule has 2 atom stereocenters. The van der Waals surface area contributed by atoms with Crippen molar-refractivity contribution in [1.82, 2.24) is 25.1 Å². The molecule has 4 aromatic rings. The summed E-state index contributed by atoms with van der Waals surface area (Å²) in [5.41, 5.74) is 5.10. The molecule has 2 unspecified atom stereocenters. The average molecular weight is 373 g/mol. The number of nitrogens with zero attached hydrogens (tertiary/aromatic N) is 4. The highest BCUT2D eigenvalue weighted by molar-refractivity contribution is 5.88. The minimum absolute atomic E-state index is 0.186. The van der Waals surface area contributed by atoms with E-state index in [0.717, 1.165) is 52.7 Å². The van der Waals surface area contributed by atoms with Crippen LogP contribution in [0.1, 0.15) is 31.4 Å². The second-order valence-corrected chi connectivity index (χ2v) is 7.78. The van der Waals surface area contributed by atoms with Crippen LogP contribution in [-0.4, -0.2) is 37.4 Å². The molecule has 0 saturated carbocycles. The molecular formula is C22H23N5O. The van der Waals surface area contributed by atoms with Gasteiger partial charge in [-0.1, -0.05) is 0 Å². The molecule has 1 aromatic carbocycles. The van der Waals surface area contributed by atoms with E-state index in [2.05, 4.69) is 23.4 Å². The van der Waals surface area contributed by atoms with Crippen molar-refractivity contribution in [3.8, 4) is 17.0 Å². The molecule has 6 heteroatoms. The van der Waals surface area contributed by atoms with Crippen LogP contribution in [0.5, 0.6) is 5.75 Å². The number of phenols is 1. The lowest BCUT2D eigenvalue weighted by atomic mass is 9.90. The minimum Gasteiger partial charge on any atom is -0.507 e. The largest absolute Gasteiger partial charge is 0.507 e. The molecule has 1 fully saturated rings. The molecule has 0 radical (unpaired) electrons. The average Bonchev–Trinajstić information content (AvgIpc) is 3.05. The first kappa shape index (κ1) is 17.1. The molecule has 142 valence electrons. The van der Waals surface area contributed by atoms with E-state index in [1.807, 2.05) is 37.5 Å². The number of fused-ring (bicyclic) bond motifs is 2. The Morgan fingerprint density at radius 1 is 1.07 bits per heavy atom. The number of nitrogens with one attached hydrogen (secondary N) is 1. The predicted molar refractivity (Wildman–Crippen MR) is 110 cm³/mol. The van der Waals surface area contributed by atoms with Crippen LogP contribution in [0.4, 0.5) is 0 Å². The van der Waals surface area contributed by atoms with Gasteiger partial charge in [-0.2, -0.15) is 5.10 Å². The maximum absolute atomic E-state index is 10.5. The molecule has 0 bridgehead atoms. The number of hydrogen-bond acceptors (Lipinski definition) is 5. The van der Waals surface area contributed by atoms with Gasteiger partial charge >= 0.3 is 0 Å². The van der Waals surface area contributed by atoms with Crippen molar-refractivity contribution in [2.24, 2.45) is 7.05 Å². The third kappa shape index (κ3) is 2.99. The van der Waals surface area contributed by atoms with Crippen molar-refractivity contribution in [2.75, 3.05) is 6.54 Å². The van der Waals surface area contributed by atoms with Gasteiger partial charge in [0.25, 0.3) is 0 Å². The predicted octanol–water partition coefficient (Wildman–Crippen LogP) is 3.74. The van der Waals surface area contributed by atoms with Gasteiger partial charge in [0.15, 0.2) is 0 Å². The van der Waals surface area contributed by atoms with Crippen LogP contribution in [0.25, 0.3) is 33.2 Å². The lowest BCUT2D eigenvalue weighted by Crippen LogP contribution is -2.35. The first-order valence-corrected chi connectivity index (χ1v) is 9.74. The molecule has 5 rings (SSSR count). The van der Waals surface area contributed by atoms with Gasteiger partial charge < -0.3 is 10.4 Å². The number of phenolic OH excluding ortho intramolecular Hbond substituents is 1. The highest BCUT2D eigenvalue weighted by Crippen LogP contribution is 2.33. The van der Waals surface area contributed by atoms with Gasteiger partial charge in [0.1, 0.15) is 5.75 Å². The van der Waals surface area contributed by atoms with Crippen molar-refractivity contribution in [2.45, 2.75) is 31.7 Å². The van der Waals surface area contributed by atoms with Crippen LogP contribution in [0, 0.1) is 0 Å². The van der Waals surface area contributed by atoms with Crippen LogP contribution >= 0.6 is 0 Å². The highest BCUT2D eigenvalue weighted by Gasteiger charge is 2.21. The van der Waals surface area contributed by atoms with Crippen molar-refractivity contribution in [3.05, 3.63) is 48.3 Å². The van der Waals surface area contributed by atoms with Crippen molar-refractivity contribution in [3.63, 3.8) is 0 Å². The summed E-state index contributed by atoms with van der Waals surface area (Å²) in [6.45, 7) is 3.27. The van der Waals surface area contributed by atoms with Crippen LogP contribution in [-0.2, 0) is 7.05 Å². The number of aryl methyl sites for hydroxylation is 1. The number of benzene rings is 1. The maximum atomic E-state index is 10.5. The lowest BCUT2D eigenvalue weighted by Gasteiger charge is -2.27. The summed E-state index contributed by atoms with van der Waals surface area (Å²) in [6, 6.07) is 12.2. The van der Waals surface area contributed by atoms with E-state index in [-0.39, 0.29) is 5.75 Å². The molecule has 0 aliphatic carbocycles. The first-order valence-electron chi connectivity index (χ1n) is 9.74. The molecule has 1 aliphatic heterocycles. The maximum Gasteiger partial charge on any atom is 0.127 e. The molecule has 3 aromatic heterocycles. The summed E-state index contributed by atoms with van der Waals surface area (Å²) in [5.74, 6) is 0.684. The standard InChI is InChI=1S/C22H23N5O/c1-13-9-14(7-8-23-13)17-3-5-20-19(24-17)6-4-18(25-20)16-10-15-12-27(2)26-21(15)11-22(16)28/h3-6,10-14,23,28H,7-9H2,1-2H3. The number of piperidine rings is 1. The molecule has 0 amide bonds. The van der Waals surface area contributed by atoms with Gasteiger partial charge in [0.2, 0.25) is 0 Å². The fourth-order valence-corrected chi connectivity index (χ4v) is 4.19. The Kier molecular flexibility index (Phi) is 4.02. The Bertz CT molecular complexity index is 1180. The molecule has 1 aliphatic rings. The van der Waals surface area contributed by atoms with E-state index >= 15 is 0 Å². The van der Waals surface area contributed by atoms with Crippen molar-refractivity contribution < 1.29 is 5.11 Å². The third-order valence-corrected chi connectivity index (χ3v) is 5.62. The number of rotatable bonds is 2. The molecule has 0 spiro atoms. The summed E-state index contributed by atoms with van der Waals surface area (Å²) in [7, 11) is 1.87. The number of pyridine rings is 2. The van der Waals surface area contributed by atoms with Crippen LogP contribution < -0.4 is 5.32 Å². The van der Waals surface area contributed by atoms with Crippen LogP contribution in [0.3, 0.4) is 0 Å². The van der Waals surface area contributed by atoms with Crippen LogP contribution in [0.2, 0.25) is 0 Å². The number of hydrogen-bond donors (Lipinski definition) is 2. The lowest BCUT2D eigenvalue weighted by molar-refractivity contribution is 0.377. The summed E-state index contributed by atoms with van der Waals surface area (Å²) in [6.07, 6.45) is 4.17. The minimum atomic E-state index is 0.186. The zero-order chi connectivity index (χ0) is 19.3. The molecule has 4 heterocycles. The smallest absolute Gasteiger partial charge is 0.127 e. The van der Waals surface area contributed by atoms with Crippen molar-refractivity contribution >= 4 is 21.9 Å². The molecule has 28 heavy (non-hydrogen) atoms. The van der Waals surface area contributed by atoms with Gasteiger partial charge in [-0.3, -0.25) is 9.67 Å². The first-order chi connectivity index (χ1) is 13.6. The SMILES string of the molecule is CC1CC(c2ccc3nc(-c4cc5cn(C)nc5cc4O)ccc3n2)CCN1. The Morgan fingerprint density at radius 3 is 2.75 bits per heavy atom. The van der Waals surface area contributed by atoms with E-state index in [1.54, 1.807) is 10.7 Å². The van der Waals surface area contributed by atoms with E-state index in [0.29, 0.717) is 17.5 Å². The zero-order valence-corrected chi connectivity index (χ0v) is 16.1. The third-order valence-electron chi connectivity index (χ3n) is 5.62. The summed E-state index contributed by atoms with van der Waals surface area (Å²) >= 11 is 0. The van der Waals surface area contributed by atoms with E-state index in [4.69, 9.17) is 9.97 Å². The zero-order valence-electron chi connectivity index (χ0n) is 16.1. The number of aromatic nitrogens is 4. The molecule has 6 nitrogen and oxygen atoms in total. The van der Waals surface area contributed by atoms with Gasteiger partial charge in [-0.05, 0) is 56.6 Å². The second-order valence-electron chi connectivity index (χ2n) is 7.78. The van der Waals surface area contributed by atoms with Gasteiger partial charge in [-0.15, -0.1) is 0 Å². The Labute approximate surface area is 163 Å². The number of aromatic hydroxyl groups is 1. The normalized spacial score (nSPS) is 20.1. The fourth-order valence-electron chi connectivity index (χ4n) is 4.19. The highest BCUT2D eigenvalue weighted by atomic mass is 16.3. The second kappa shape index (κ2) is 6.56. The van der Waals surface area contributed by atoms with Crippen LogP contribution in [0.15, 0.2) is 42.6 Å². The van der Waals surface area contributed by atoms with Gasteiger partial charge in [0.05, 0.1) is 22.2 Å². The quantitative estimate of drug-likeness (QED) is 0.560. The summed E-state index contributed by atoms with van der Waals surface area (Å²) in [5, 5.41) is 19.3. The van der Waals surface area contributed by atoms with Gasteiger partial charge in [-0.25, -0.2) is 4.98 Å². The van der Waals surface area contributed by atoms with Crippen molar-refractivity contribution in [1.29, 1.82) is 0 Å². The Balaban J connectivity index is 1.53. The monoisotopic (exact) mass is 373 g/mol. The topological polar surface area (TPSA) is 75.9 Å². The Hall–Kier alpha value is -2.99. The fraction of sp³-hybridized carbons (Fsp3) is 0.318. The van der Waals surface area contributed by atoms with E-state index < -0.39 is 0 Å². The molecule has 2 N–H and O–H groups in total. The molecular weight excluding hydrogens is 350 g/mol. The van der Waals surface area contributed by atoms with E-state index in [1.165, 1.54) is 0 Å². The Morgan fingerprint density at radius 2 is 1.89 bits per heavy atom. The van der Waals surface area contributed by atoms with Gasteiger partial charge in [0, 0.05) is 47.9 Å². The molecule has 1 saturated heterocycles. The van der Waals surface area contributed by atoms with E-state index in [9.17, 15) is 5.11 Å². The summed E-state index contributed by atoms with van der Waals surface area (Å²) < 4.78 is 1.74. The summed E-state index contributed by atoms with van der Waals surface area (Å²) in [4.78, 5) is 9.64.